The SMILES string of the molecule is CC(=O)O[C@@H]1[C@@]2(C)C3[C@@H](O)[C@@]14C(C)(C)C(=O)CC[C@]4(C)[C@@H]32. The fraction of sp³-hybridized carbons (Fsp3) is 0.882. The van der Waals surface area contributed by atoms with Crippen molar-refractivity contribution in [3.8, 4) is 0 Å². The van der Waals surface area contributed by atoms with Gasteiger partial charge in [-0.05, 0) is 23.7 Å². The van der Waals surface area contributed by atoms with E-state index in [1.54, 1.807) is 0 Å². The number of carbonyl (C=O) groups is 2. The van der Waals surface area contributed by atoms with Crippen molar-refractivity contribution in [1.29, 1.82) is 0 Å². The molecule has 116 valence electrons. The second-order valence-corrected chi connectivity index (χ2v) is 8.64. The lowest BCUT2D eigenvalue weighted by molar-refractivity contribution is -0.196. The molecule has 0 aromatic heterocycles. The highest BCUT2D eigenvalue weighted by atomic mass is 16.5. The molecule has 0 aromatic rings. The summed E-state index contributed by atoms with van der Waals surface area (Å²) in [7, 11) is 0. The van der Waals surface area contributed by atoms with Crippen LogP contribution in [-0.4, -0.2) is 29.1 Å². The Morgan fingerprint density at radius 2 is 1.90 bits per heavy atom. The van der Waals surface area contributed by atoms with Gasteiger partial charge in [0.25, 0.3) is 0 Å². The summed E-state index contributed by atoms with van der Waals surface area (Å²) in [5, 5.41) is 11.1. The Morgan fingerprint density at radius 1 is 1.29 bits per heavy atom. The molecule has 4 heteroatoms. The van der Waals surface area contributed by atoms with Crippen LogP contribution in [0.15, 0.2) is 0 Å². The Labute approximate surface area is 125 Å². The van der Waals surface area contributed by atoms with E-state index in [1.807, 2.05) is 13.8 Å². The number of ether oxygens (including phenoxy) is 1. The maximum atomic E-state index is 12.6. The van der Waals surface area contributed by atoms with Crippen LogP contribution in [0.5, 0.6) is 0 Å². The molecular formula is C17H24O4. The van der Waals surface area contributed by atoms with Crippen LogP contribution >= 0.6 is 0 Å². The zero-order valence-corrected chi connectivity index (χ0v) is 13.4. The smallest absolute Gasteiger partial charge is 0.302 e. The molecule has 0 heterocycles. The number of Topliss-reactive ketones (excluding diaryl/α,β-unsaturated/α-hetero) is 1. The molecule has 5 saturated carbocycles. The number of esters is 1. The molecule has 0 aliphatic heterocycles. The summed E-state index contributed by atoms with van der Waals surface area (Å²) in [4.78, 5) is 24.3. The molecule has 5 rings (SSSR count). The van der Waals surface area contributed by atoms with Crippen molar-refractivity contribution in [2.24, 2.45) is 33.5 Å². The van der Waals surface area contributed by atoms with Crippen molar-refractivity contribution in [3.05, 3.63) is 0 Å². The first-order valence-electron chi connectivity index (χ1n) is 7.96. The highest BCUT2D eigenvalue weighted by Gasteiger charge is 2.98. The third-order valence-electron chi connectivity index (χ3n) is 7.94. The van der Waals surface area contributed by atoms with Crippen molar-refractivity contribution in [3.63, 3.8) is 0 Å². The number of aliphatic hydroxyl groups excluding tert-OH is 1. The molecule has 5 fully saturated rings. The maximum absolute atomic E-state index is 12.6. The van der Waals surface area contributed by atoms with Crippen LogP contribution < -0.4 is 0 Å². The summed E-state index contributed by atoms with van der Waals surface area (Å²) in [5.74, 6) is 0.438. The Kier molecular flexibility index (Phi) is 2.11. The maximum Gasteiger partial charge on any atom is 0.302 e. The molecule has 1 unspecified atom stereocenters. The Balaban J connectivity index is 1.97. The number of hydrogen-bond donors (Lipinski definition) is 1. The van der Waals surface area contributed by atoms with Gasteiger partial charge in [-0.1, -0.05) is 27.7 Å². The van der Waals surface area contributed by atoms with Crippen LogP contribution in [0.25, 0.3) is 0 Å². The highest BCUT2D eigenvalue weighted by molar-refractivity contribution is 5.88. The lowest BCUT2D eigenvalue weighted by atomic mass is 9.47. The third kappa shape index (κ3) is 0.990. The molecule has 0 radical (unpaired) electrons. The number of ketones is 1. The van der Waals surface area contributed by atoms with Gasteiger partial charge in [-0.15, -0.1) is 0 Å². The topological polar surface area (TPSA) is 63.6 Å². The van der Waals surface area contributed by atoms with Crippen molar-refractivity contribution < 1.29 is 19.4 Å². The molecule has 0 amide bonds. The Morgan fingerprint density at radius 3 is 2.48 bits per heavy atom. The monoisotopic (exact) mass is 292 g/mol. The second-order valence-electron chi connectivity index (χ2n) is 8.64. The summed E-state index contributed by atoms with van der Waals surface area (Å²) in [6.45, 7) is 9.67. The molecule has 1 spiro atoms. The molecule has 0 saturated heterocycles. The predicted molar refractivity (Wildman–Crippen MR) is 75.2 cm³/mol. The summed E-state index contributed by atoms with van der Waals surface area (Å²) >= 11 is 0. The van der Waals surface area contributed by atoms with E-state index >= 15 is 0 Å². The standard InChI is InChI=1S/C17H24O4/c1-8(18)21-13-16(5)10-11(16)15(4)7-6-9(19)14(2,3)17(13,15)12(10)20/h10-13,20H,6-7H2,1-5H3/t10?,11-,12-,13-,15-,16+,17+/m1/s1. The number of rotatable bonds is 1. The molecule has 21 heavy (non-hydrogen) atoms. The average Bonchev–Trinajstić information content (AvgIpc) is 2.80. The van der Waals surface area contributed by atoms with Crippen molar-refractivity contribution in [2.75, 3.05) is 0 Å². The van der Waals surface area contributed by atoms with Gasteiger partial charge in [0.1, 0.15) is 11.9 Å². The van der Waals surface area contributed by atoms with Gasteiger partial charge in [-0.25, -0.2) is 0 Å². The van der Waals surface area contributed by atoms with Gasteiger partial charge in [-0.2, -0.15) is 0 Å². The van der Waals surface area contributed by atoms with Crippen LogP contribution in [-0.2, 0) is 14.3 Å². The van der Waals surface area contributed by atoms with Crippen molar-refractivity contribution >= 4 is 11.8 Å². The molecule has 7 atom stereocenters. The minimum absolute atomic E-state index is 0.108. The third-order valence-corrected chi connectivity index (χ3v) is 7.94. The second kappa shape index (κ2) is 3.22. The van der Waals surface area contributed by atoms with E-state index in [1.165, 1.54) is 6.92 Å². The molecule has 5 aliphatic carbocycles. The molecule has 4 nitrogen and oxygen atoms in total. The van der Waals surface area contributed by atoms with E-state index in [0.29, 0.717) is 12.3 Å². The van der Waals surface area contributed by atoms with Crippen LogP contribution in [0.4, 0.5) is 0 Å². The van der Waals surface area contributed by atoms with Gasteiger partial charge in [0.15, 0.2) is 0 Å². The van der Waals surface area contributed by atoms with Crippen LogP contribution in [0.1, 0.15) is 47.5 Å². The van der Waals surface area contributed by atoms with E-state index < -0.39 is 16.9 Å². The zero-order chi connectivity index (χ0) is 15.6. The number of carbonyl (C=O) groups excluding carboxylic acids is 2. The number of hydrogen-bond acceptors (Lipinski definition) is 4. The molecule has 5 aliphatic rings. The summed E-state index contributed by atoms with van der Waals surface area (Å²) in [6.07, 6.45) is 0.503. The van der Waals surface area contributed by atoms with Crippen molar-refractivity contribution in [2.45, 2.75) is 59.7 Å². The summed E-state index contributed by atoms with van der Waals surface area (Å²) in [5.41, 5.74) is -1.53. The number of aliphatic hydroxyl groups is 1. The van der Waals surface area contributed by atoms with E-state index in [9.17, 15) is 14.7 Å². The van der Waals surface area contributed by atoms with E-state index in [-0.39, 0.29) is 34.6 Å². The lowest BCUT2D eigenvalue weighted by Gasteiger charge is -2.57. The molecule has 0 aromatic carbocycles. The van der Waals surface area contributed by atoms with Gasteiger partial charge >= 0.3 is 5.97 Å². The van der Waals surface area contributed by atoms with Gasteiger partial charge in [-0.3, -0.25) is 9.59 Å². The fourth-order valence-electron chi connectivity index (χ4n) is 7.41. The minimum atomic E-state index is -0.652. The summed E-state index contributed by atoms with van der Waals surface area (Å²) < 4.78 is 5.75. The van der Waals surface area contributed by atoms with Crippen LogP contribution in [0, 0.1) is 33.5 Å². The van der Waals surface area contributed by atoms with Gasteiger partial charge in [0.05, 0.1) is 11.5 Å². The summed E-state index contributed by atoms with van der Waals surface area (Å²) in [6, 6.07) is 0. The van der Waals surface area contributed by atoms with E-state index in [4.69, 9.17) is 4.74 Å². The zero-order valence-electron chi connectivity index (χ0n) is 13.4. The van der Waals surface area contributed by atoms with Gasteiger partial charge in [0.2, 0.25) is 0 Å². The average molecular weight is 292 g/mol. The normalized spacial score (nSPS) is 58.9. The van der Waals surface area contributed by atoms with Gasteiger partial charge in [0, 0.05) is 24.2 Å². The van der Waals surface area contributed by atoms with Crippen LogP contribution in [0.3, 0.4) is 0 Å². The van der Waals surface area contributed by atoms with Crippen molar-refractivity contribution in [1.82, 2.24) is 0 Å². The van der Waals surface area contributed by atoms with Gasteiger partial charge < -0.3 is 9.84 Å². The largest absolute Gasteiger partial charge is 0.461 e. The van der Waals surface area contributed by atoms with E-state index in [2.05, 4.69) is 13.8 Å². The first kappa shape index (κ1) is 13.7. The van der Waals surface area contributed by atoms with E-state index in [0.717, 1.165) is 6.42 Å². The Hall–Kier alpha value is -0.900. The first-order valence-corrected chi connectivity index (χ1v) is 7.96. The van der Waals surface area contributed by atoms with Crippen LogP contribution in [0.2, 0.25) is 0 Å². The lowest BCUT2D eigenvalue weighted by Crippen LogP contribution is -2.62. The highest BCUT2D eigenvalue weighted by Crippen LogP contribution is 2.94. The predicted octanol–water partition coefficient (Wildman–Crippen LogP) is 1.94. The molecular weight excluding hydrogens is 268 g/mol. The molecule has 4 bridgehead atoms. The quantitative estimate of drug-likeness (QED) is 0.750. The molecule has 1 N–H and O–H groups in total. The Bertz CT molecular complexity index is 581. The minimum Gasteiger partial charge on any atom is -0.461 e. The first-order chi connectivity index (χ1) is 9.58. The fourth-order valence-corrected chi connectivity index (χ4v) is 7.41.